The molecule has 0 saturated heterocycles. The Kier molecular flexibility index (Phi) is 6.68. The van der Waals surface area contributed by atoms with Crippen LogP contribution in [0.5, 0.6) is 0 Å². The second kappa shape index (κ2) is 9.86. The maximum absolute atomic E-state index is 14.1. The SMILES string of the molecule is [C-]#[N+]C([N+]#[C-])=c1cc(-c2cc(F)cc(F)c2)/c(=c2\sc(=C(C#N)C#N)cc2-c2cc(F)cc(F)c2)s1. The second-order valence-electron chi connectivity index (χ2n) is 7.17. The molecule has 0 bridgehead atoms. The number of halogens is 4. The summed E-state index contributed by atoms with van der Waals surface area (Å²) in [6.07, 6.45) is 0. The Morgan fingerprint density at radius 3 is 1.42 bits per heavy atom. The van der Waals surface area contributed by atoms with Crippen molar-refractivity contribution in [1.82, 2.24) is 0 Å². The Morgan fingerprint density at radius 1 is 0.639 bits per heavy atom. The van der Waals surface area contributed by atoms with Gasteiger partial charge in [0.05, 0.1) is 13.6 Å². The monoisotopic (exact) mass is 516 g/mol. The van der Waals surface area contributed by atoms with E-state index in [2.05, 4.69) is 9.69 Å². The lowest BCUT2D eigenvalue weighted by Crippen LogP contribution is -1.95. The summed E-state index contributed by atoms with van der Waals surface area (Å²) in [5.41, 5.74) is 0.492. The number of benzene rings is 2. The largest absolute Gasteiger partial charge is 0.536 e. The van der Waals surface area contributed by atoms with Gasteiger partial charge in [0, 0.05) is 23.3 Å². The molecule has 2 heterocycles. The smallest absolute Gasteiger partial charge is 0.207 e. The molecule has 0 spiro atoms. The van der Waals surface area contributed by atoms with Crippen LogP contribution < -0.4 is 9.06 Å². The molecule has 10 heteroatoms. The number of hydrogen-bond acceptors (Lipinski definition) is 4. The first-order chi connectivity index (χ1) is 17.3. The van der Waals surface area contributed by atoms with Crippen molar-refractivity contribution in [2.75, 3.05) is 0 Å². The fourth-order valence-corrected chi connectivity index (χ4v) is 5.87. The maximum Gasteiger partial charge on any atom is 0.536 e. The van der Waals surface area contributed by atoms with E-state index < -0.39 is 23.3 Å². The third-order valence-corrected chi connectivity index (χ3v) is 7.37. The Labute approximate surface area is 209 Å². The van der Waals surface area contributed by atoms with Gasteiger partial charge in [0.2, 0.25) is 0 Å². The lowest BCUT2D eigenvalue weighted by Gasteiger charge is -2.02. The predicted molar refractivity (Wildman–Crippen MR) is 128 cm³/mol. The topological polar surface area (TPSA) is 56.3 Å². The Bertz CT molecular complexity index is 1730. The lowest BCUT2D eigenvalue weighted by atomic mass is 10.0. The van der Waals surface area contributed by atoms with Crippen molar-refractivity contribution >= 4 is 34.1 Å². The second-order valence-corrected chi connectivity index (χ2v) is 9.27. The highest BCUT2D eigenvalue weighted by Crippen LogP contribution is 2.31. The van der Waals surface area contributed by atoms with Crippen molar-refractivity contribution in [3.63, 3.8) is 0 Å². The van der Waals surface area contributed by atoms with E-state index in [1.807, 2.05) is 0 Å². The molecular formula is C26H8F4N4S2. The van der Waals surface area contributed by atoms with Crippen molar-refractivity contribution in [2.45, 2.75) is 0 Å². The Morgan fingerprint density at radius 2 is 1.03 bits per heavy atom. The van der Waals surface area contributed by atoms with Crippen LogP contribution in [0.25, 0.3) is 43.3 Å². The van der Waals surface area contributed by atoms with E-state index in [1.54, 1.807) is 12.1 Å². The van der Waals surface area contributed by atoms with Crippen LogP contribution in [0.1, 0.15) is 0 Å². The third kappa shape index (κ3) is 4.60. The summed E-state index contributed by atoms with van der Waals surface area (Å²) in [5, 5.41) is 18.7. The van der Waals surface area contributed by atoms with Gasteiger partial charge < -0.3 is 0 Å². The first kappa shape index (κ1) is 24.4. The molecule has 4 rings (SSSR count). The number of rotatable bonds is 2. The molecule has 0 aliphatic carbocycles. The van der Waals surface area contributed by atoms with E-state index >= 15 is 0 Å². The molecule has 36 heavy (non-hydrogen) atoms. The molecule has 172 valence electrons. The number of thiophene rings is 2. The predicted octanol–water partition coefficient (Wildman–Crippen LogP) is 6.09. The quantitative estimate of drug-likeness (QED) is 0.239. The van der Waals surface area contributed by atoms with Crippen molar-refractivity contribution in [2.24, 2.45) is 0 Å². The van der Waals surface area contributed by atoms with Crippen LogP contribution in [0.4, 0.5) is 17.6 Å². The van der Waals surface area contributed by atoms with Gasteiger partial charge in [-0.05, 0) is 47.5 Å². The van der Waals surface area contributed by atoms with Crippen LogP contribution >= 0.6 is 22.7 Å². The zero-order chi connectivity index (χ0) is 26.0. The summed E-state index contributed by atoms with van der Waals surface area (Å²) >= 11 is 1.94. The van der Waals surface area contributed by atoms with Crippen LogP contribution in [0.15, 0.2) is 48.5 Å². The summed E-state index contributed by atoms with van der Waals surface area (Å²) in [6.45, 7) is 14.6. The summed E-state index contributed by atoms with van der Waals surface area (Å²) in [6, 6.07) is 12.1. The highest BCUT2D eigenvalue weighted by atomic mass is 32.1. The van der Waals surface area contributed by atoms with Crippen LogP contribution in [-0.4, -0.2) is 0 Å². The van der Waals surface area contributed by atoms with Gasteiger partial charge in [-0.2, -0.15) is 20.2 Å². The normalized spacial score (nSPS) is 11.1. The minimum atomic E-state index is -0.857. The zero-order valence-corrected chi connectivity index (χ0v) is 19.4. The molecule has 0 fully saturated rings. The minimum absolute atomic E-state index is 0.103. The molecule has 0 aliphatic rings. The van der Waals surface area contributed by atoms with E-state index in [4.69, 9.17) is 13.1 Å². The summed E-state index contributed by atoms with van der Waals surface area (Å²) in [5.74, 6) is -3.70. The highest BCUT2D eigenvalue weighted by Gasteiger charge is 2.16. The van der Waals surface area contributed by atoms with Crippen LogP contribution in [0.3, 0.4) is 0 Å². The van der Waals surface area contributed by atoms with Gasteiger partial charge in [-0.25, -0.2) is 17.6 Å². The molecule has 0 amide bonds. The van der Waals surface area contributed by atoms with Gasteiger partial charge >= 0.3 is 5.82 Å². The van der Waals surface area contributed by atoms with Crippen molar-refractivity contribution in [1.29, 1.82) is 10.5 Å². The first-order valence-electron chi connectivity index (χ1n) is 9.78. The van der Waals surface area contributed by atoms with Crippen molar-refractivity contribution < 1.29 is 17.6 Å². The molecule has 2 aromatic carbocycles. The molecule has 4 nitrogen and oxygen atoms in total. The fourth-order valence-electron chi connectivity index (χ4n) is 3.47. The Balaban J connectivity index is 2.33. The molecule has 0 radical (unpaired) electrons. The molecule has 0 N–H and O–H groups in total. The van der Waals surface area contributed by atoms with Crippen molar-refractivity contribution in [3.8, 4) is 34.4 Å². The average Bonchev–Trinajstić information content (AvgIpc) is 3.45. The van der Waals surface area contributed by atoms with E-state index in [0.717, 1.165) is 46.9 Å². The fraction of sp³-hybridized carbons (Fsp3) is 0. The van der Waals surface area contributed by atoms with Crippen LogP contribution in [0.2, 0.25) is 0 Å². The van der Waals surface area contributed by atoms with Gasteiger partial charge in [0.15, 0.2) is 0 Å². The van der Waals surface area contributed by atoms with Gasteiger partial charge in [0.25, 0.3) is 0 Å². The van der Waals surface area contributed by atoms with Gasteiger partial charge in [-0.15, -0.1) is 22.7 Å². The standard InChI is InChI=1S/C26H8F4N4S2/c1-33-26(34-2)23-10-21(14-5-18(29)8-19(30)6-14)25(36-23)24-20(9-22(35-24)15(11-31)12-32)13-3-16(27)7-17(28)4-13/h3-10H/b25-24+. The first-order valence-corrected chi connectivity index (χ1v) is 11.4. The van der Waals surface area contributed by atoms with Gasteiger partial charge in [-0.3, -0.25) is 0 Å². The summed E-state index contributed by atoms with van der Waals surface area (Å²) in [4.78, 5) is 6.41. The number of nitrogens with zero attached hydrogens (tertiary/aromatic N) is 4. The molecule has 0 aliphatic heterocycles. The number of hydrogen-bond donors (Lipinski definition) is 0. The highest BCUT2D eigenvalue weighted by molar-refractivity contribution is 7.12. The zero-order valence-electron chi connectivity index (χ0n) is 17.7. The summed E-state index contributed by atoms with van der Waals surface area (Å²) in [7, 11) is 0. The lowest BCUT2D eigenvalue weighted by molar-refractivity contribution is 0.583. The number of nitriles is 2. The molecule has 2 aromatic heterocycles. The van der Waals surface area contributed by atoms with E-state index in [9.17, 15) is 28.1 Å². The third-order valence-electron chi connectivity index (χ3n) is 4.92. The summed E-state index contributed by atoms with van der Waals surface area (Å²) < 4.78 is 57.4. The molecule has 0 atom stereocenters. The van der Waals surface area contributed by atoms with Gasteiger partial charge in [0.1, 0.15) is 58.7 Å². The average molecular weight is 517 g/mol. The van der Waals surface area contributed by atoms with Gasteiger partial charge in [-0.1, -0.05) is 0 Å². The molecular weight excluding hydrogens is 508 g/mol. The molecule has 0 saturated carbocycles. The maximum atomic E-state index is 14.1. The van der Waals surface area contributed by atoms with E-state index in [-0.39, 0.29) is 42.7 Å². The van der Waals surface area contributed by atoms with E-state index in [0.29, 0.717) is 21.2 Å². The van der Waals surface area contributed by atoms with E-state index in [1.165, 1.54) is 12.1 Å². The minimum Gasteiger partial charge on any atom is -0.207 e. The molecule has 0 unspecified atom stereocenters. The van der Waals surface area contributed by atoms with Crippen LogP contribution in [0, 0.1) is 68.1 Å². The van der Waals surface area contributed by atoms with Crippen molar-refractivity contribution in [3.05, 3.63) is 113 Å². The van der Waals surface area contributed by atoms with Crippen LogP contribution in [-0.2, 0) is 0 Å². The Hall–Kier alpha value is -4.74. The molecule has 4 aromatic rings.